The molecule has 0 aliphatic carbocycles. The summed E-state index contributed by atoms with van der Waals surface area (Å²) in [6, 6.07) is 37.9. The van der Waals surface area contributed by atoms with Gasteiger partial charge in [0.1, 0.15) is 0 Å². The second-order valence-electron chi connectivity index (χ2n) is 7.68. The van der Waals surface area contributed by atoms with Crippen molar-refractivity contribution >= 4 is 52.7 Å². The van der Waals surface area contributed by atoms with Crippen LogP contribution in [0.5, 0.6) is 0 Å². The summed E-state index contributed by atoms with van der Waals surface area (Å²) in [5, 5.41) is 6.45. The van der Waals surface area contributed by atoms with E-state index < -0.39 is 0 Å². The van der Waals surface area contributed by atoms with Crippen LogP contribution in [0, 0.1) is 0 Å². The summed E-state index contributed by atoms with van der Waals surface area (Å²) in [4.78, 5) is 0. The van der Waals surface area contributed by atoms with Crippen LogP contribution in [0.1, 0.15) is 11.1 Å². The van der Waals surface area contributed by atoms with Crippen molar-refractivity contribution in [3.05, 3.63) is 114 Å². The molecule has 31 heavy (non-hydrogen) atoms. The molecule has 5 aromatic rings. The molecule has 0 nitrogen and oxygen atoms in total. The fourth-order valence-electron chi connectivity index (χ4n) is 4.30. The SMILES string of the molecule is CSCc1ccc2ccccc2c1-c1c(C[Se]c2ccccc2)ccc2ccccc12. The summed E-state index contributed by atoms with van der Waals surface area (Å²) in [5.74, 6) is 1.02. The Morgan fingerprint density at radius 1 is 0.581 bits per heavy atom. The van der Waals surface area contributed by atoms with Gasteiger partial charge in [-0.05, 0) is 0 Å². The van der Waals surface area contributed by atoms with Crippen LogP contribution in [-0.2, 0) is 11.1 Å². The van der Waals surface area contributed by atoms with Crippen molar-refractivity contribution in [3.63, 3.8) is 0 Å². The van der Waals surface area contributed by atoms with Gasteiger partial charge < -0.3 is 0 Å². The molecule has 0 aromatic heterocycles. The van der Waals surface area contributed by atoms with E-state index in [0.717, 1.165) is 11.1 Å². The Hall–Kier alpha value is -2.51. The molecule has 152 valence electrons. The van der Waals surface area contributed by atoms with Crippen LogP contribution >= 0.6 is 11.8 Å². The molecule has 5 rings (SSSR count). The first-order valence-electron chi connectivity index (χ1n) is 10.5. The van der Waals surface area contributed by atoms with Gasteiger partial charge in [0.05, 0.1) is 0 Å². The Labute approximate surface area is 194 Å². The minimum atomic E-state index is 0.405. The number of hydrogen-bond acceptors (Lipinski definition) is 1. The molecule has 0 aliphatic heterocycles. The van der Waals surface area contributed by atoms with Gasteiger partial charge in [0, 0.05) is 0 Å². The van der Waals surface area contributed by atoms with E-state index in [1.54, 1.807) is 0 Å². The quantitative estimate of drug-likeness (QED) is 0.233. The molecule has 0 spiro atoms. The van der Waals surface area contributed by atoms with Crippen molar-refractivity contribution in [2.75, 3.05) is 6.26 Å². The van der Waals surface area contributed by atoms with Gasteiger partial charge in [-0.15, -0.1) is 0 Å². The zero-order valence-electron chi connectivity index (χ0n) is 17.5. The number of rotatable bonds is 6. The predicted octanol–water partition coefficient (Wildman–Crippen LogP) is 7.05. The van der Waals surface area contributed by atoms with Crippen LogP contribution in [0.25, 0.3) is 32.7 Å². The summed E-state index contributed by atoms with van der Waals surface area (Å²) in [6.07, 6.45) is 2.20. The topological polar surface area (TPSA) is 0 Å². The van der Waals surface area contributed by atoms with Gasteiger partial charge in [-0.3, -0.25) is 0 Å². The fraction of sp³-hybridized carbons (Fsp3) is 0.103. The third-order valence-corrected chi connectivity index (χ3v) is 8.54. The first kappa shape index (κ1) is 20.4. The summed E-state index contributed by atoms with van der Waals surface area (Å²) >= 11 is 2.30. The Morgan fingerprint density at radius 3 is 1.77 bits per heavy atom. The van der Waals surface area contributed by atoms with Gasteiger partial charge in [0.25, 0.3) is 0 Å². The van der Waals surface area contributed by atoms with Gasteiger partial charge in [0.15, 0.2) is 0 Å². The van der Waals surface area contributed by atoms with Gasteiger partial charge in [-0.2, -0.15) is 0 Å². The van der Waals surface area contributed by atoms with Crippen molar-refractivity contribution in [3.8, 4) is 11.1 Å². The van der Waals surface area contributed by atoms with E-state index in [9.17, 15) is 0 Å². The molecule has 0 radical (unpaired) electrons. The monoisotopic (exact) mass is 484 g/mol. The number of hydrogen-bond donors (Lipinski definition) is 0. The fourth-order valence-corrected chi connectivity index (χ4v) is 6.76. The third kappa shape index (κ3) is 4.16. The van der Waals surface area contributed by atoms with Gasteiger partial charge in [-0.1, -0.05) is 0 Å². The van der Waals surface area contributed by atoms with Crippen LogP contribution in [0.3, 0.4) is 0 Å². The average Bonchev–Trinajstić information content (AvgIpc) is 2.83. The molecule has 0 unspecified atom stereocenters. The summed E-state index contributed by atoms with van der Waals surface area (Å²) < 4.78 is 1.45. The number of fused-ring (bicyclic) bond motifs is 2. The van der Waals surface area contributed by atoms with Gasteiger partial charge in [0.2, 0.25) is 0 Å². The van der Waals surface area contributed by atoms with Gasteiger partial charge >= 0.3 is 195 Å². The van der Waals surface area contributed by atoms with E-state index in [0.29, 0.717) is 15.0 Å². The molecule has 0 atom stereocenters. The van der Waals surface area contributed by atoms with E-state index in [2.05, 4.69) is 109 Å². The molecule has 5 aromatic carbocycles. The second-order valence-corrected chi connectivity index (χ2v) is 10.7. The van der Waals surface area contributed by atoms with Crippen molar-refractivity contribution < 1.29 is 0 Å². The van der Waals surface area contributed by atoms with Crippen molar-refractivity contribution in [2.45, 2.75) is 11.1 Å². The molecular formula is C29H24SSe. The van der Waals surface area contributed by atoms with Crippen LogP contribution < -0.4 is 4.46 Å². The Morgan fingerprint density at radius 2 is 1.13 bits per heavy atom. The van der Waals surface area contributed by atoms with E-state index in [1.807, 2.05) is 11.8 Å². The van der Waals surface area contributed by atoms with E-state index in [4.69, 9.17) is 0 Å². The van der Waals surface area contributed by atoms with E-state index >= 15 is 0 Å². The average molecular weight is 484 g/mol. The summed E-state index contributed by atoms with van der Waals surface area (Å²) in [6.45, 7) is 0. The Bertz CT molecular complexity index is 1340. The molecule has 0 fully saturated rings. The zero-order valence-corrected chi connectivity index (χ0v) is 20.1. The first-order valence-corrected chi connectivity index (χ1v) is 14.0. The van der Waals surface area contributed by atoms with Crippen LogP contribution in [-0.4, -0.2) is 21.2 Å². The predicted molar refractivity (Wildman–Crippen MR) is 140 cm³/mol. The van der Waals surface area contributed by atoms with Crippen molar-refractivity contribution in [2.24, 2.45) is 0 Å². The number of benzene rings is 5. The molecule has 0 saturated heterocycles. The normalized spacial score (nSPS) is 11.3. The second kappa shape index (κ2) is 9.32. The Kier molecular flexibility index (Phi) is 6.13. The van der Waals surface area contributed by atoms with Gasteiger partial charge in [-0.25, -0.2) is 0 Å². The first-order chi connectivity index (χ1) is 15.3. The zero-order chi connectivity index (χ0) is 21.0. The van der Waals surface area contributed by atoms with Crippen molar-refractivity contribution in [1.82, 2.24) is 0 Å². The molecule has 0 saturated carbocycles. The van der Waals surface area contributed by atoms with E-state index in [-0.39, 0.29) is 0 Å². The molecule has 0 N–H and O–H groups in total. The molecule has 0 amide bonds. The van der Waals surface area contributed by atoms with E-state index in [1.165, 1.54) is 48.3 Å². The third-order valence-electron chi connectivity index (χ3n) is 5.72. The molecule has 2 heteroatoms. The van der Waals surface area contributed by atoms with Crippen LogP contribution in [0.15, 0.2) is 103 Å². The standard InChI is InChI=1S/C29H24SSe/c1-30-19-23-17-15-21-9-5-7-13-26(21)28(23)29-24(20-31-25-11-3-2-4-12-25)18-16-22-10-6-8-14-27(22)29/h2-18H,19-20H2,1H3. The maximum absolute atomic E-state index is 2.37. The summed E-state index contributed by atoms with van der Waals surface area (Å²) in [5.41, 5.74) is 5.73. The summed E-state index contributed by atoms with van der Waals surface area (Å²) in [7, 11) is 0. The Balaban J connectivity index is 1.76. The van der Waals surface area contributed by atoms with Crippen LogP contribution in [0.4, 0.5) is 0 Å². The molecular weight excluding hydrogens is 459 g/mol. The van der Waals surface area contributed by atoms with Crippen molar-refractivity contribution in [1.29, 1.82) is 0 Å². The maximum atomic E-state index is 2.37. The molecule has 0 heterocycles. The molecule has 0 bridgehead atoms. The minimum absolute atomic E-state index is 0.405. The molecule has 0 aliphatic rings. The number of thioether (sulfide) groups is 1. The van der Waals surface area contributed by atoms with Crippen LogP contribution in [0.2, 0.25) is 0 Å².